The van der Waals surface area contributed by atoms with Crippen LogP contribution in [0, 0.1) is 11.6 Å². The molecule has 1 aromatic heterocycles. The van der Waals surface area contributed by atoms with Crippen LogP contribution in [-0.2, 0) is 5.60 Å². The first-order valence-electron chi connectivity index (χ1n) is 7.40. The van der Waals surface area contributed by atoms with Gasteiger partial charge in [0.25, 0.3) is 5.91 Å². The van der Waals surface area contributed by atoms with Crippen LogP contribution in [0.2, 0.25) is 0 Å². The summed E-state index contributed by atoms with van der Waals surface area (Å²) in [6, 6.07) is 9.93. The van der Waals surface area contributed by atoms with E-state index in [2.05, 4.69) is 10.3 Å². The van der Waals surface area contributed by atoms with Gasteiger partial charge in [-0.3, -0.25) is 4.79 Å². The molecule has 0 spiro atoms. The summed E-state index contributed by atoms with van der Waals surface area (Å²) in [6.45, 7) is 1.15. The van der Waals surface area contributed by atoms with Gasteiger partial charge in [0.05, 0.1) is 6.54 Å². The molecule has 4 nitrogen and oxygen atoms in total. The normalized spacial score (nSPS) is 13.7. The number of aliphatic hydroxyl groups is 1. The number of carbonyl (C=O) groups excluding carboxylic acids is 1. The SMILES string of the molecule is C[C@@](O)(CNC(=O)c1ccc2[nH]ccc2c1)c1ccc(F)cc1F. The van der Waals surface area contributed by atoms with E-state index in [0.717, 1.165) is 17.0 Å². The summed E-state index contributed by atoms with van der Waals surface area (Å²) in [5, 5.41) is 13.9. The molecule has 0 bridgehead atoms. The lowest BCUT2D eigenvalue weighted by Crippen LogP contribution is -2.39. The van der Waals surface area contributed by atoms with Crippen molar-refractivity contribution in [2.75, 3.05) is 6.54 Å². The van der Waals surface area contributed by atoms with Crippen molar-refractivity contribution in [1.82, 2.24) is 10.3 Å². The predicted molar refractivity (Wildman–Crippen MR) is 86.6 cm³/mol. The molecule has 3 aromatic rings. The highest BCUT2D eigenvalue weighted by Crippen LogP contribution is 2.23. The van der Waals surface area contributed by atoms with Gasteiger partial charge >= 0.3 is 0 Å². The topological polar surface area (TPSA) is 65.1 Å². The number of rotatable bonds is 4. The Labute approximate surface area is 137 Å². The molecule has 0 aliphatic carbocycles. The molecule has 0 unspecified atom stereocenters. The van der Waals surface area contributed by atoms with Crippen molar-refractivity contribution in [1.29, 1.82) is 0 Å². The standard InChI is InChI=1S/C18H16F2N2O2/c1-18(24,14-4-3-13(19)9-15(14)20)10-22-17(23)12-2-5-16-11(8-12)6-7-21-16/h2-9,21,24H,10H2,1H3,(H,22,23)/t18-/m1/s1. The number of halogens is 2. The second-order valence-corrected chi connectivity index (χ2v) is 5.86. The molecular formula is C18H16F2N2O2. The van der Waals surface area contributed by atoms with E-state index in [1.54, 1.807) is 24.4 Å². The van der Waals surface area contributed by atoms with Gasteiger partial charge in [-0.05, 0) is 37.3 Å². The fourth-order valence-corrected chi connectivity index (χ4v) is 2.57. The number of benzene rings is 2. The number of fused-ring (bicyclic) bond motifs is 1. The van der Waals surface area contributed by atoms with Crippen molar-refractivity contribution in [3.05, 3.63) is 71.4 Å². The van der Waals surface area contributed by atoms with E-state index < -0.39 is 17.2 Å². The zero-order chi connectivity index (χ0) is 17.3. The maximum absolute atomic E-state index is 13.8. The number of aromatic nitrogens is 1. The molecule has 0 saturated carbocycles. The van der Waals surface area contributed by atoms with E-state index in [1.165, 1.54) is 13.0 Å². The van der Waals surface area contributed by atoms with E-state index in [-0.39, 0.29) is 18.0 Å². The number of amides is 1. The maximum Gasteiger partial charge on any atom is 0.251 e. The second kappa shape index (κ2) is 6.05. The fourth-order valence-electron chi connectivity index (χ4n) is 2.57. The van der Waals surface area contributed by atoms with Crippen LogP contribution < -0.4 is 5.32 Å². The number of aromatic amines is 1. The molecule has 2 aromatic carbocycles. The fraction of sp³-hybridized carbons (Fsp3) is 0.167. The maximum atomic E-state index is 13.8. The molecule has 1 atom stereocenters. The highest BCUT2D eigenvalue weighted by Gasteiger charge is 2.27. The van der Waals surface area contributed by atoms with Crippen LogP contribution in [0.5, 0.6) is 0 Å². The first kappa shape index (κ1) is 16.1. The molecule has 0 radical (unpaired) electrons. The molecule has 1 heterocycles. The Morgan fingerprint density at radius 3 is 2.75 bits per heavy atom. The van der Waals surface area contributed by atoms with Crippen LogP contribution in [0.25, 0.3) is 10.9 Å². The summed E-state index contributed by atoms with van der Waals surface area (Å²) >= 11 is 0. The van der Waals surface area contributed by atoms with Gasteiger partial charge in [0.2, 0.25) is 0 Å². The summed E-state index contributed by atoms with van der Waals surface area (Å²) in [5.74, 6) is -1.97. The van der Waals surface area contributed by atoms with Crippen LogP contribution >= 0.6 is 0 Å². The van der Waals surface area contributed by atoms with E-state index in [1.807, 2.05) is 6.07 Å². The van der Waals surface area contributed by atoms with Crippen LogP contribution in [-0.4, -0.2) is 22.5 Å². The second-order valence-electron chi connectivity index (χ2n) is 5.86. The van der Waals surface area contributed by atoms with Gasteiger partial charge in [0, 0.05) is 34.3 Å². The minimum absolute atomic E-state index is 0.0784. The largest absolute Gasteiger partial charge is 0.383 e. The molecule has 0 saturated heterocycles. The van der Waals surface area contributed by atoms with E-state index in [4.69, 9.17) is 0 Å². The van der Waals surface area contributed by atoms with Crippen molar-refractivity contribution < 1.29 is 18.7 Å². The lowest BCUT2D eigenvalue weighted by Gasteiger charge is -2.24. The zero-order valence-corrected chi connectivity index (χ0v) is 12.9. The Hall–Kier alpha value is -2.73. The summed E-state index contributed by atoms with van der Waals surface area (Å²) in [7, 11) is 0. The van der Waals surface area contributed by atoms with Crippen molar-refractivity contribution in [3.63, 3.8) is 0 Å². The minimum atomic E-state index is -1.66. The van der Waals surface area contributed by atoms with Gasteiger partial charge in [0.15, 0.2) is 0 Å². The van der Waals surface area contributed by atoms with Gasteiger partial charge < -0.3 is 15.4 Å². The highest BCUT2D eigenvalue weighted by atomic mass is 19.1. The zero-order valence-electron chi connectivity index (χ0n) is 12.9. The van der Waals surface area contributed by atoms with E-state index in [9.17, 15) is 18.7 Å². The van der Waals surface area contributed by atoms with Crippen molar-refractivity contribution in [2.24, 2.45) is 0 Å². The molecule has 24 heavy (non-hydrogen) atoms. The number of nitrogens with one attached hydrogen (secondary N) is 2. The summed E-state index contributed by atoms with van der Waals surface area (Å²) < 4.78 is 26.8. The van der Waals surface area contributed by atoms with Gasteiger partial charge in [-0.15, -0.1) is 0 Å². The Morgan fingerprint density at radius 1 is 1.21 bits per heavy atom. The Bertz CT molecular complexity index is 903. The minimum Gasteiger partial charge on any atom is -0.383 e. The molecule has 0 aliphatic rings. The number of H-pyrrole nitrogens is 1. The third-order valence-corrected chi connectivity index (χ3v) is 3.92. The average Bonchev–Trinajstić information content (AvgIpc) is 2.99. The molecular weight excluding hydrogens is 314 g/mol. The molecule has 0 aliphatic heterocycles. The lowest BCUT2D eigenvalue weighted by atomic mass is 9.95. The van der Waals surface area contributed by atoms with E-state index in [0.29, 0.717) is 11.6 Å². The Balaban J connectivity index is 1.74. The highest BCUT2D eigenvalue weighted by molar-refractivity contribution is 5.98. The molecule has 1 amide bonds. The van der Waals surface area contributed by atoms with Gasteiger partial charge in [-0.1, -0.05) is 6.07 Å². The number of hydrogen-bond donors (Lipinski definition) is 3. The first-order valence-corrected chi connectivity index (χ1v) is 7.40. The van der Waals surface area contributed by atoms with Crippen molar-refractivity contribution in [3.8, 4) is 0 Å². The van der Waals surface area contributed by atoms with Crippen molar-refractivity contribution in [2.45, 2.75) is 12.5 Å². The smallest absolute Gasteiger partial charge is 0.251 e. The van der Waals surface area contributed by atoms with Gasteiger partial charge in [-0.2, -0.15) is 0 Å². The first-order chi connectivity index (χ1) is 11.4. The number of carbonyl (C=O) groups is 1. The van der Waals surface area contributed by atoms with E-state index >= 15 is 0 Å². The quantitative estimate of drug-likeness (QED) is 0.688. The molecule has 3 rings (SSSR count). The summed E-state index contributed by atoms with van der Waals surface area (Å²) in [6.07, 6.45) is 1.77. The van der Waals surface area contributed by atoms with Gasteiger partial charge in [0.1, 0.15) is 17.2 Å². The van der Waals surface area contributed by atoms with Crippen LogP contribution in [0.3, 0.4) is 0 Å². The number of hydrogen-bond acceptors (Lipinski definition) is 2. The summed E-state index contributed by atoms with van der Waals surface area (Å²) in [4.78, 5) is 15.3. The van der Waals surface area contributed by atoms with Crippen LogP contribution in [0.15, 0.2) is 48.7 Å². The molecule has 124 valence electrons. The Kier molecular flexibility index (Phi) is 4.07. The summed E-state index contributed by atoms with van der Waals surface area (Å²) in [5.41, 5.74) is -0.402. The predicted octanol–water partition coefficient (Wildman–Crippen LogP) is 3.08. The van der Waals surface area contributed by atoms with Crippen LogP contribution in [0.4, 0.5) is 8.78 Å². The third-order valence-electron chi connectivity index (χ3n) is 3.92. The Morgan fingerprint density at radius 2 is 2.00 bits per heavy atom. The van der Waals surface area contributed by atoms with Crippen molar-refractivity contribution >= 4 is 16.8 Å². The molecule has 0 fully saturated rings. The molecule has 6 heteroatoms. The van der Waals surface area contributed by atoms with Gasteiger partial charge in [-0.25, -0.2) is 8.78 Å². The molecule has 3 N–H and O–H groups in total. The monoisotopic (exact) mass is 330 g/mol. The third kappa shape index (κ3) is 3.14. The lowest BCUT2D eigenvalue weighted by molar-refractivity contribution is 0.0494. The van der Waals surface area contributed by atoms with Crippen LogP contribution in [0.1, 0.15) is 22.8 Å². The average molecular weight is 330 g/mol.